The number of fused-ring (bicyclic) bond motifs is 2. The number of ether oxygens (including phenoxy) is 1. The van der Waals surface area contributed by atoms with E-state index in [1.165, 1.54) is 19.0 Å². The number of nitrogens with zero attached hydrogens (tertiary/aromatic N) is 9. The second kappa shape index (κ2) is 19.0. The van der Waals surface area contributed by atoms with E-state index in [-0.39, 0.29) is 40.4 Å². The van der Waals surface area contributed by atoms with Crippen LogP contribution in [0.4, 0.5) is 16.0 Å². The Labute approximate surface area is 356 Å². The Balaban J connectivity index is 1.03. The summed E-state index contributed by atoms with van der Waals surface area (Å²) in [5.41, 5.74) is 1.23. The predicted molar refractivity (Wildman–Crippen MR) is 216 cm³/mol. The lowest BCUT2D eigenvalue weighted by Gasteiger charge is -2.29. The maximum Gasteiger partial charge on any atom is 0.695 e. The van der Waals surface area contributed by atoms with Gasteiger partial charge in [0.1, 0.15) is 24.9 Å². The van der Waals surface area contributed by atoms with Crippen LogP contribution in [0.5, 0.6) is 0 Å². The number of aliphatic hydroxyl groups is 1. The van der Waals surface area contributed by atoms with E-state index in [1.807, 2.05) is 6.07 Å². The molecule has 1 aliphatic carbocycles. The number of aliphatic hydroxyl groups excluding tert-OH is 1. The molecule has 25 heteroatoms. The van der Waals surface area contributed by atoms with Gasteiger partial charge in [0.2, 0.25) is 0 Å². The molecule has 1 fully saturated rings. The van der Waals surface area contributed by atoms with Crippen molar-refractivity contribution in [3.8, 4) is 6.07 Å². The van der Waals surface area contributed by atoms with Crippen LogP contribution in [0.15, 0.2) is 98.1 Å². The molecular formula is C38H35FN11O11P2+. The number of nitrogens with one attached hydrogen (secondary N) is 2. The van der Waals surface area contributed by atoms with Crippen molar-refractivity contribution in [2.24, 2.45) is 5.92 Å². The minimum absolute atomic E-state index is 0.00651. The number of anilines is 2. The van der Waals surface area contributed by atoms with E-state index in [9.17, 15) is 34.0 Å². The molecule has 2 aliphatic rings. The Morgan fingerprint density at radius 1 is 0.857 bits per heavy atom. The first kappa shape index (κ1) is 43.3. The summed E-state index contributed by atoms with van der Waals surface area (Å²) < 4.78 is 73.9. The maximum absolute atomic E-state index is 16.3. The minimum atomic E-state index is -4.81. The van der Waals surface area contributed by atoms with Crippen LogP contribution in [0.25, 0.3) is 22.3 Å². The molecule has 2 amide bonds. The highest BCUT2D eigenvalue weighted by atomic mass is 31.2. The molecule has 6 aromatic rings. The fraction of sp³-hybridized carbons (Fsp3) is 0.289. The van der Waals surface area contributed by atoms with E-state index in [4.69, 9.17) is 22.8 Å². The van der Waals surface area contributed by atoms with Crippen molar-refractivity contribution < 1.29 is 55.9 Å². The van der Waals surface area contributed by atoms with Crippen molar-refractivity contribution in [1.82, 2.24) is 39.0 Å². The van der Waals surface area contributed by atoms with Crippen molar-refractivity contribution in [2.75, 3.05) is 30.5 Å². The first-order valence-electron chi connectivity index (χ1n) is 19.0. The summed E-state index contributed by atoms with van der Waals surface area (Å²) >= 11 is 0. The quantitative estimate of drug-likeness (QED) is 0.0552. The molecule has 2 unspecified atom stereocenters. The predicted octanol–water partition coefficient (Wildman–Crippen LogP) is 4.60. The number of hydrogen-bond acceptors (Lipinski definition) is 17. The second-order valence-corrected chi connectivity index (χ2v) is 16.1. The van der Waals surface area contributed by atoms with E-state index < -0.39 is 90.4 Å². The molecule has 324 valence electrons. The zero-order chi connectivity index (χ0) is 44.1. The van der Waals surface area contributed by atoms with Crippen LogP contribution in [0, 0.1) is 17.2 Å². The first-order chi connectivity index (χ1) is 30.6. The summed E-state index contributed by atoms with van der Waals surface area (Å²) in [6.45, 7) is -1.75. The molecule has 63 heavy (non-hydrogen) atoms. The fourth-order valence-electron chi connectivity index (χ4n) is 7.01. The third-order valence-corrected chi connectivity index (χ3v) is 11.9. The van der Waals surface area contributed by atoms with Crippen molar-refractivity contribution in [2.45, 2.75) is 43.2 Å². The average Bonchev–Trinajstić information content (AvgIpc) is 4.09. The number of alkyl halides is 1. The Morgan fingerprint density at radius 2 is 1.44 bits per heavy atom. The van der Waals surface area contributed by atoms with Gasteiger partial charge in [0.25, 0.3) is 11.8 Å². The molecule has 8 rings (SSSR count). The lowest BCUT2D eigenvalue weighted by atomic mass is 10.1. The number of imidazole rings is 2. The second-order valence-electron chi connectivity index (χ2n) is 13.8. The van der Waals surface area contributed by atoms with Crippen molar-refractivity contribution in [3.63, 3.8) is 0 Å². The Bertz CT molecular complexity index is 2760. The summed E-state index contributed by atoms with van der Waals surface area (Å²) in [5.74, 6) is -1.64. The lowest BCUT2D eigenvalue weighted by Crippen LogP contribution is -2.34. The number of phosphoric acid groups is 1. The number of nitriles is 1. The molecule has 22 nitrogen and oxygen atoms in total. The van der Waals surface area contributed by atoms with E-state index in [0.29, 0.717) is 11.1 Å². The number of benzene rings is 2. The summed E-state index contributed by atoms with van der Waals surface area (Å²) in [7, 11) is -8.22. The van der Waals surface area contributed by atoms with Gasteiger partial charge >= 0.3 is 16.1 Å². The molecule has 1 saturated heterocycles. The summed E-state index contributed by atoms with van der Waals surface area (Å²) in [6.07, 6.45) is -0.446. The molecule has 4 N–H and O–H groups in total. The number of aromatic nitrogens is 8. The van der Waals surface area contributed by atoms with Crippen molar-refractivity contribution >= 4 is 61.9 Å². The highest BCUT2D eigenvalue weighted by Crippen LogP contribution is 2.55. The topological polar surface area (TPSA) is 290 Å². The Morgan fingerprint density at radius 3 is 2.02 bits per heavy atom. The molecule has 4 aromatic heterocycles. The molecule has 0 spiro atoms. The van der Waals surface area contributed by atoms with Crippen LogP contribution in [-0.4, -0.2) is 105 Å². The van der Waals surface area contributed by atoms with Gasteiger partial charge in [-0.2, -0.15) is 5.26 Å². The molecule has 0 bridgehead atoms. The van der Waals surface area contributed by atoms with E-state index >= 15 is 4.39 Å². The number of phosphoric ester groups is 1. The van der Waals surface area contributed by atoms with Gasteiger partial charge in [-0.1, -0.05) is 48.6 Å². The van der Waals surface area contributed by atoms with Gasteiger partial charge in [-0.25, -0.2) is 38.9 Å². The summed E-state index contributed by atoms with van der Waals surface area (Å²) in [6, 6.07) is 17.7. The van der Waals surface area contributed by atoms with Crippen LogP contribution >= 0.6 is 16.1 Å². The van der Waals surface area contributed by atoms with E-state index in [1.54, 1.807) is 77.4 Å². The monoisotopic (exact) mass is 902 g/mol. The van der Waals surface area contributed by atoms with E-state index in [2.05, 4.69) is 40.5 Å². The SMILES string of the molecule is N#CCCOP(=O)(OC[C@H]1O[C@@H](n2cnc3c(NC(=O)c4ccccc4)ncnc32)[C@H](F)[C@@H]1O[P+](=O)O)O[C@@H]1[C@@H](CO)C=C[C@H]1n1cnc2c(NC(=O)c3ccccc3)ncnc21. The van der Waals surface area contributed by atoms with Crippen LogP contribution < -0.4 is 10.6 Å². The van der Waals surface area contributed by atoms with Crippen LogP contribution in [0.3, 0.4) is 0 Å². The van der Waals surface area contributed by atoms with Crippen LogP contribution in [-0.2, 0) is 32.0 Å². The van der Waals surface area contributed by atoms with Gasteiger partial charge in [0.05, 0.1) is 51.0 Å². The average molecular weight is 903 g/mol. The number of hydrogen-bond donors (Lipinski definition) is 4. The highest BCUT2D eigenvalue weighted by molar-refractivity contribution is 7.48. The van der Waals surface area contributed by atoms with Crippen molar-refractivity contribution in [1.29, 1.82) is 5.26 Å². The number of carbonyl (C=O) groups is 2. The molecule has 5 heterocycles. The zero-order valence-corrected chi connectivity index (χ0v) is 34.3. The summed E-state index contributed by atoms with van der Waals surface area (Å²) in [4.78, 5) is 61.1. The fourth-order valence-corrected chi connectivity index (χ4v) is 8.89. The zero-order valence-electron chi connectivity index (χ0n) is 32.5. The molecule has 0 radical (unpaired) electrons. The minimum Gasteiger partial charge on any atom is -0.396 e. The third kappa shape index (κ3) is 9.26. The van der Waals surface area contributed by atoms with Crippen LogP contribution in [0.1, 0.15) is 39.4 Å². The largest absolute Gasteiger partial charge is 0.695 e. The molecular weight excluding hydrogens is 867 g/mol. The normalized spacial score (nSPS) is 23.1. The first-order valence-corrected chi connectivity index (χ1v) is 21.6. The molecule has 9 atom stereocenters. The Kier molecular flexibility index (Phi) is 13.1. The standard InChI is InChI=1S/C38H34FN11O11P2/c39-27-31(60-62(54)55)26(59-38(27)50-21-46-29-33(42-19-44-35(29)50)48-37(53)23-10-5-2-6-11-23)17-58-63(56,57-15-7-14-40)61-30-24(16-51)12-13-25(30)49-20-45-28-32(41-18-43-34(28)49)47-36(52)22-8-3-1-4-9-22/h1-6,8-13,18-21,24-27,30-31,38,51H,7,15-17H2,(H2-,41,42,43,44,47,48,52,53,54,55)/p+1/t24-,25-,26-,27-,30-,31-,38-,63?/m1/s1. The van der Waals surface area contributed by atoms with E-state index in [0.717, 1.165) is 10.9 Å². The smallest absolute Gasteiger partial charge is 0.396 e. The lowest BCUT2D eigenvalue weighted by molar-refractivity contribution is -0.0496. The summed E-state index contributed by atoms with van der Waals surface area (Å²) in [5, 5.41) is 25.0. The molecule has 2 aromatic carbocycles. The van der Waals surface area contributed by atoms with Crippen LogP contribution in [0.2, 0.25) is 0 Å². The molecule has 0 saturated carbocycles. The van der Waals surface area contributed by atoms with Gasteiger partial charge in [0.15, 0.2) is 52.5 Å². The number of halogens is 1. The molecule has 1 aliphatic heterocycles. The number of rotatable bonds is 17. The van der Waals surface area contributed by atoms with Gasteiger partial charge in [-0.3, -0.25) is 27.7 Å². The van der Waals surface area contributed by atoms with Gasteiger partial charge < -0.3 is 25.0 Å². The maximum atomic E-state index is 16.3. The third-order valence-electron chi connectivity index (χ3n) is 9.96. The highest BCUT2D eigenvalue weighted by Gasteiger charge is 2.53. The van der Waals surface area contributed by atoms with Gasteiger partial charge in [-0.05, 0) is 24.3 Å². The number of amides is 2. The Hall–Kier alpha value is -6.31. The van der Waals surface area contributed by atoms with Gasteiger partial charge in [-0.15, -0.1) is 9.42 Å². The van der Waals surface area contributed by atoms with Gasteiger partial charge in [0, 0.05) is 21.6 Å². The number of carbonyl (C=O) groups excluding carboxylic acids is 2. The van der Waals surface area contributed by atoms with Crippen molar-refractivity contribution in [3.05, 3.63) is 109 Å².